The van der Waals surface area contributed by atoms with Gasteiger partial charge >= 0.3 is 0 Å². The predicted molar refractivity (Wildman–Crippen MR) is 102 cm³/mol. The lowest BCUT2D eigenvalue weighted by atomic mass is 10.00. The lowest BCUT2D eigenvalue weighted by Gasteiger charge is -2.34. The minimum absolute atomic E-state index is 0.0228. The Hall–Kier alpha value is -2.35. The first kappa shape index (κ1) is 19.0. The minimum Gasteiger partial charge on any atom is -0.372 e. The molecule has 3 atom stereocenters. The van der Waals surface area contributed by atoms with Crippen LogP contribution in [0.1, 0.15) is 36.4 Å². The number of hydrazine groups is 1. The number of hydrogen-bond donors (Lipinski definition) is 2. The van der Waals surface area contributed by atoms with Crippen LogP contribution in [-0.2, 0) is 16.1 Å². The van der Waals surface area contributed by atoms with Gasteiger partial charge in [-0.3, -0.25) is 9.78 Å². The molecule has 2 aliphatic rings. The summed E-state index contributed by atoms with van der Waals surface area (Å²) in [5.74, 6) is -0.210. The van der Waals surface area contributed by atoms with Crippen molar-refractivity contribution in [2.24, 2.45) is 0 Å². The molecule has 0 saturated carbocycles. The Morgan fingerprint density at radius 3 is 2.96 bits per heavy atom. The summed E-state index contributed by atoms with van der Waals surface area (Å²) in [6, 6.07) is 9.98. The Bertz CT molecular complexity index is 804. The average Bonchev–Trinajstić information content (AvgIpc) is 3.23. The summed E-state index contributed by atoms with van der Waals surface area (Å²) in [4.78, 5) is 18.9. The number of likely N-dealkylation sites (tertiary alicyclic amines) is 1. The maximum absolute atomic E-state index is 14.0. The Morgan fingerprint density at radius 2 is 2.14 bits per heavy atom. The zero-order chi connectivity index (χ0) is 19.3. The maximum atomic E-state index is 14.0. The van der Waals surface area contributed by atoms with Crippen molar-refractivity contribution < 1.29 is 13.9 Å². The van der Waals surface area contributed by atoms with Crippen LogP contribution in [0.15, 0.2) is 48.8 Å². The summed E-state index contributed by atoms with van der Waals surface area (Å²) < 4.78 is 20.0. The number of amides is 1. The molecule has 0 bridgehead atoms. The monoisotopic (exact) mass is 384 g/mol. The third kappa shape index (κ3) is 4.38. The minimum atomic E-state index is -0.360. The molecule has 7 heteroatoms. The van der Waals surface area contributed by atoms with Crippen molar-refractivity contribution in [1.82, 2.24) is 20.7 Å². The zero-order valence-corrected chi connectivity index (χ0v) is 15.7. The van der Waals surface area contributed by atoms with E-state index in [-0.39, 0.29) is 29.9 Å². The Kier molecular flexibility index (Phi) is 5.95. The second kappa shape index (κ2) is 8.77. The van der Waals surface area contributed by atoms with Gasteiger partial charge in [0.2, 0.25) is 5.91 Å². The SMILES string of the molecule is O=C(C1CC(c2ccccc2F)NN1)N1CCCC(OCc2cccnc2)C1. The van der Waals surface area contributed by atoms with Gasteiger partial charge in [-0.1, -0.05) is 24.3 Å². The van der Waals surface area contributed by atoms with E-state index in [0.29, 0.717) is 25.1 Å². The lowest BCUT2D eigenvalue weighted by Crippen LogP contribution is -2.50. The molecule has 6 nitrogen and oxygen atoms in total. The fourth-order valence-corrected chi connectivity index (χ4v) is 3.87. The first-order valence-electron chi connectivity index (χ1n) is 9.75. The number of benzene rings is 1. The summed E-state index contributed by atoms with van der Waals surface area (Å²) >= 11 is 0. The van der Waals surface area contributed by atoms with E-state index in [9.17, 15) is 9.18 Å². The normalized spacial score (nSPS) is 25.0. The van der Waals surface area contributed by atoms with Crippen LogP contribution in [0.25, 0.3) is 0 Å². The summed E-state index contributed by atoms with van der Waals surface area (Å²) in [7, 11) is 0. The molecule has 3 heterocycles. The summed E-state index contributed by atoms with van der Waals surface area (Å²) in [6.07, 6.45) is 5.94. The maximum Gasteiger partial charge on any atom is 0.241 e. The van der Waals surface area contributed by atoms with Gasteiger partial charge in [0, 0.05) is 31.0 Å². The quantitative estimate of drug-likeness (QED) is 0.828. The number of piperidine rings is 1. The molecule has 4 rings (SSSR count). The van der Waals surface area contributed by atoms with E-state index in [0.717, 1.165) is 24.9 Å². The van der Waals surface area contributed by atoms with Crippen LogP contribution in [0, 0.1) is 5.82 Å². The lowest BCUT2D eigenvalue weighted by molar-refractivity contribution is -0.137. The molecular formula is C21H25FN4O2. The van der Waals surface area contributed by atoms with Crippen LogP contribution >= 0.6 is 0 Å². The fraction of sp³-hybridized carbons (Fsp3) is 0.429. The third-order valence-corrected chi connectivity index (χ3v) is 5.38. The number of pyridine rings is 1. The molecular weight excluding hydrogens is 359 g/mol. The van der Waals surface area contributed by atoms with Gasteiger partial charge in [-0.25, -0.2) is 15.2 Å². The van der Waals surface area contributed by atoms with Crippen molar-refractivity contribution in [3.8, 4) is 0 Å². The Labute approximate surface area is 164 Å². The molecule has 2 fully saturated rings. The number of aromatic nitrogens is 1. The highest BCUT2D eigenvalue weighted by Gasteiger charge is 2.35. The van der Waals surface area contributed by atoms with Gasteiger partial charge in [0.25, 0.3) is 0 Å². The molecule has 2 N–H and O–H groups in total. The predicted octanol–water partition coefficient (Wildman–Crippen LogP) is 2.34. The van der Waals surface area contributed by atoms with Crippen LogP contribution in [0.4, 0.5) is 4.39 Å². The van der Waals surface area contributed by atoms with Gasteiger partial charge in [0.05, 0.1) is 18.8 Å². The zero-order valence-electron chi connectivity index (χ0n) is 15.7. The first-order chi connectivity index (χ1) is 13.7. The second-order valence-electron chi connectivity index (χ2n) is 7.37. The number of nitrogens with zero attached hydrogens (tertiary/aromatic N) is 2. The third-order valence-electron chi connectivity index (χ3n) is 5.38. The van der Waals surface area contributed by atoms with Crippen molar-refractivity contribution in [3.63, 3.8) is 0 Å². The molecule has 0 aliphatic carbocycles. The highest BCUT2D eigenvalue weighted by Crippen LogP contribution is 2.26. The van der Waals surface area contributed by atoms with Gasteiger partial charge in [0.1, 0.15) is 11.9 Å². The highest BCUT2D eigenvalue weighted by molar-refractivity contribution is 5.82. The molecule has 2 aliphatic heterocycles. The molecule has 1 amide bonds. The first-order valence-corrected chi connectivity index (χ1v) is 9.75. The van der Waals surface area contributed by atoms with Gasteiger partial charge in [0.15, 0.2) is 0 Å². The number of carbonyl (C=O) groups excluding carboxylic acids is 1. The van der Waals surface area contributed by atoms with E-state index in [1.54, 1.807) is 24.5 Å². The van der Waals surface area contributed by atoms with E-state index in [2.05, 4.69) is 15.8 Å². The molecule has 0 radical (unpaired) electrons. The number of hydrogen-bond acceptors (Lipinski definition) is 5. The summed E-state index contributed by atoms with van der Waals surface area (Å²) in [5.41, 5.74) is 7.72. The number of halogens is 1. The van der Waals surface area contributed by atoms with E-state index < -0.39 is 0 Å². The molecule has 148 valence electrons. The van der Waals surface area contributed by atoms with E-state index in [4.69, 9.17) is 4.74 Å². The molecule has 2 aromatic rings. The van der Waals surface area contributed by atoms with E-state index >= 15 is 0 Å². The van der Waals surface area contributed by atoms with Gasteiger partial charge < -0.3 is 9.64 Å². The Balaban J connectivity index is 1.31. The largest absolute Gasteiger partial charge is 0.372 e. The van der Waals surface area contributed by atoms with Crippen molar-refractivity contribution in [2.75, 3.05) is 13.1 Å². The van der Waals surface area contributed by atoms with Gasteiger partial charge in [-0.05, 0) is 37.0 Å². The van der Waals surface area contributed by atoms with E-state index in [1.807, 2.05) is 23.1 Å². The topological polar surface area (TPSA) is 66.5 Å². The van der Waals surface area contributed by atoms with Crippen LogP contribution in [0.5, 0.6) is 0 Å². The van der Waals surface area contributed by atoms with Crippen molar-refractivity contribution in [3.05, 3.63) is 65.7 Å². The summed E-state index contributed by atoms with van der Waals surface area (Å²) in [6.45, 7) is 1.81. The molecule has 1 aromatic carbocycles. The van der Waals surface area contributed by atoms with E-state index in [1.165, 1.54) is 6.07 Å². The second-order valence-corrected chi connectivity index (χ2v) is 7.37. The molecule has 0 spiro atoms. The highest BCUT2D eigenvalue weighted by atomic mass is 19.1. The molecule has 1 aromatic heterocycles. The average molecular weight is 384 g/mol. The van der Waals surface area contributed by atoms with Crippen molar-refractivity contribution in [2.45, 2.75) is 44.1 Å². The van der Waals surface area contributed by atoms with Crippen molar-refractivity contribution >= 4 is 5.91 Å². The standard InChI is InChI=1S/C21H25FN4O2/c22-18-8-2-1-7-17(18)19-11-20(25-24-19)21(27)26-10-4-6-16(13-26)28-14-15-5-3-9-23-12-15/h1-3,5,7-9,12,16,19-20,24-25H,4,6,10-11,13-14H2. The molecule has 3 unspecified atom stereocenters. The number of carbonyl (C=O) groups is 1. The summed E-state index contributed by atoms with van der Waals surface area (Å²) in [5, 5.41) is 0. The van der Waals surface area contributed by atoms with Crippen LogP contribution < -0.4 is 10.9 Å². The fourth-order valence-electron chi connectivity index (χ4n) is 3.87. The smallest absolute Gasteiger partial charge is 0.241 e. The molecule has 2 saturated heterocycles. The van der Waals surface area contributed by atoms with Crippen LogP contribution in [0.2, 0.25) is 0 Å². The number of ether oxygens (including phenoxy) is 1. The van der Waals surface area contributed by atoms with Crippen LogP contribution in [-0.4, -0.2) is 41.0 Å². The van der Waals surface area contributed by atoms with Crippen molar-refractivity contribution in [1.29, 1.82) is 0 Å². The number of nitrogens with one attached hydrogen (secondary N) is 2. The molecule has 28 heavy (non-hydrogen) atoms. The van der Waals surface area contributed by atoms with Gasteiger partial charge in [-0.2, -0.15) is 0 Å². The van der Waals surface area contributed by atoms with Gasteiger partial charge in [-0.15, -0.1) is 0 Å². The van der Waals surface area contributed by atoms with Crippen LogP contribution in [0.3, 0.4) is 0 Å². The number of rotatable bonds is 5. The Morgan fingerprint density at radius 1 is 1.25 bits per heavy atom.